The Morgan fingerprint density at radius 3 is 1.49 bits per heavy atom. The van der Waals surface area contributed by atoms with Gasteiger partial charge in [0, 0.05) is 18.9 Å². The average molecular weight is 640 g/mol. The summed E-state index contributed by atoms with van der Waals surface area (Å²) in [4.78, 5) is 26.7. The lowest BCUT2D eigenvalue weighted by Gasteiger charge is -2.21. The fraction of sp³-hybridized carbons (Fsp3) is 0.950. The second-order valence-electron chi connectivity index (χ2n) is 13.4. The van der Waals surface area contributed by atoms with E-state index in [0.29, 0.717) is 18.3 Å². The zero-order chi connectivity index (χ0) is 33.8. The van der Waals surface area contributed by atoms with E-state index in [1.165, 1.54) is 83.5 Å². The number of hydrogen-bond donors (Lipinski definition) is 1. The van der Waals surface area contributed by atoms with Crippen LogP contribution in [0, 0.1) is 11.8 Å². The van der Waals surface area contributed by atoms with Crippen LogP contribution >= 0.6 is 0 Å². The third-order valence-corrected chi connectivity index (χ3v) is 9.02. The number of ether oxygens (including phenoxy) is 1. The summed E-state index contributed by atoms with van der Waals surface area (Å²) >= 11 is 0. The molecule has 0 rings (SSSR count). The van der Waals surface area contributed by atoms with Crippen molar-refractivity contribution in [3.05, 3.63) is 0 Å². The number of esters is 1. The minimum atomic E-state index is 0.0417. The Morgan fingerprint density at radius 1 is 0.511 bits per heavy atom. The standard InChI is InChI=1S/C25H51NO3.C15H30O/c1-4-7-10-13-18-24(17-9-6-3)25(28)29-23-16-12-11-15-20-26(21-22-27)19-14-8-5-2;1-4-7-9-10-13-14(12-8-5-2)15(16)11-6-3/h24,27H,4-23H2,1-3H3;14H,4-13H2,1-3H3. The second-order valence-corrected chi connectivity index (χ2v) is 13.4. The van der Waals surface area contributed by atoms with E-state index in [1.54, 1.807) is 0 Å². The highest BCUT2D eigenvalue weighted by atomic mass is 16.5. The molecule has 0 bridgehead atoms. The summed E-state index contributed by atoms with van der Waals surface area (Å²) in [5, 5.41) is 9.21. The van der Waals surface area contributed by atoms with Gasteiger partial charge >= 0.3 is 5.97 Å². The van der Waals surface area contributed by atoms with Crippen LogP contribution in [-0.4, -0.2) is 54.6 Å². The van der Waals surface area contributed by atoms with E-state index in [9.17, 15) is 14.7 Å². The van der Waals surface area contributed by atoms with Crippen LogP contribution in [0.25, 0.3) is 0 Å². The first-order chi connectivity index (χ1) is 21.9. The lowest BCUT2D eigenvalue weighted by atomic mass is 9.89. The van der Waals surface area contributed by atoms with Gasteiger partial charge in [0.15, 0.2) is 0 Å². The van der Waals surface area contributed by atoms with Crippen LogP contribution in [0.4, 0.5) is 0 Å². The summed E-state index contributed by atoms with van der Waals surface area (Å²) in [6.07, 6.45) is 28.9. The van der Waals surface area contributed by atoms with Crippen molar-refractivity contribution in [2.45, 2.75) is 202 Å². The topological polar surface area (TPSA) is 66.8 Å². The molecule has 0 amide bonds. The smallest absolute Gasteiger partial charge is 0.308 e. The zero-order valence-corrected chi connectivity index (χ0v) is 31.5. The van der Waals surface area contributed by atoms with E-state index in [0.717, 1.165) is 96.7 Å². The summed E-state index contributed by atoms with van der Waals surface area (Å²) in [7, 11) is 0. The predicted molar refractivity (Wildman–Crippen MR) is 196 cm³/mol. The van der Waals surface area contributed by atoms with Crippen molar-refractivity contribution in [1.29, 1.82) is 0 Å². The Kier molecular flexibility index (Phi) is 38.5. The number of aliphatic hydroxyl groups is 1. The minimum Gasteiger partial charge on any atom is -0.465 e. The molecule has 2 unspecified atom stereocenters. The Hall–Kier alpha value is -0.940. The van der Waals surface area contributed by atoms with Crippen LogP contribution in [0.5, 0.6) is 0 Å². The molecule has 0 saturated heterocycles. The molecule has 0 aromatic heterocycles. The summed E-state index contributed by atoms with van der Waals surface area (Å²) in [6, 6.07) is 0. The third-order valence-electron chi connectivity index (χ3n) is 9.02. The number of ketones is 1. The van der Waals surface area contributed by atoms with Gasteiger partial charge in [0.2, 0.25) is 0 Å². The number of carbonyl (C=O) groups excluding carboxylic acids is 2. The Labute approximate surface area is 282 Å². The molecular formula is C40H81NO4. The number of rotatable bonds is 33. The Bertz CT molecular complexity index is 611. The molecule has 45 heavy (non-hydrogen) atoms. The lowest BCUT2D eigenvalue weighted by molar-refractivity contribution is -0.149. The molecule has 0 aliphatic heterocycles. The van der Waals surface area contributed by atoms with E-state index < -0.39 is 0 Å². The maximum Gasteiger partial charge on any atom is 0.308 e. The molecule has 0 aromatic carbocycles. The molecule has 0 spiro atoms. The van der Waals surface area contributed by atoms with Crippen LogP contribution in [0.1, 0.15) is 202 Å². The number of nitrogens with zero attached hydrogens (tertiary/aromatic N) is 1. The second kappa shape index (κ2) is 37.5. The largest absolute Gasteiger partial charge is 0.465 e. The van der Waals surface area contributed by atoms with Gasteiger partial charge in [0.25, 0.3) is 0 Å². The quantitative estimate of drug-likeness (QED) is 0.0571. The fourth-order valence-electron chi connectivity index (χ4n) is 5.98. The molecule has 5 heteroatoms. The zero-order valence-electron chi connectivity index (χ0n) is 31.5. The Balaban J connectivity index is 0. The molecule has 5 nitrogen and oxygen atoms in total. The number of carbonyl (C=O) groups is 2. The van der Waals surface area contributed by atoms with Gasteiger partial charge < -0.3 is 14.7 Å². The van der Waals surface area contributed by atoms with Crippen LogP contribution in [-0.2, 0) is 14.3 Å². The van der Waals surface area contributed by atoms with Gasteiger partial charge in [-0.1, -0.05) is 144 Å². The van der Waals surface area contributed by atoms with Crippen molar-refractivity contribution >= 4 is 11.8 Å². The third kappa shape index (κ3) is 31.4. The SMILES string of the molecule is CCCCCCC(CCCC)C(=O)CCC.CCCCCCC(CCCC)C(=O)OCCCCCCN(CCO)CCCCC. The average Bonchev–Trinajstić information content (AvgIpc) is 3.04. The van der Waals surface area contributed by atoms with Gasteiger partial charge in [0.05, 0.1) is 19.1 Å². The first kappa shape index (κ1) is 46.2. The molecular weight excluding hydrogens is 558 g/mol. The maximum absolute atomic E-state index is 12.4. The van der Waals surface area contributed by atoms with Crippen LogP contribution in [0.15, 0.2) is 0 Å². The fourth-order valence-corrected chi connectivity index (χ4v) is 5.98. The molecule has 0 radical (unpaired) electrons. The van der Waals surface area contributed by atoms with Crippen LogP contribution in [0.3, 0.4) is 0 Å². The molecule has 0 aliphatic carbocycles. The highest BCUT2D eigenvalue weighted by Gasteiger charge is 2.19. The van der Waals surface area contributed by atoms with E-state index >= 15 is 0 Å². The van der Waals surface area contributed by atoms with Crippen molar-refractivity contribution in [1.82, 2.24) is 4.90 Å². The summed E-state index contributed by atoms with van der Waals surface area (Å²) in [5.41, 5.74) is 0. The molecule has 270 valence electrons. The van der Waals surface area contributed by atoms with E-state index in [2.05, 4.69) is 46.4 Å². The van der Waals surface area contributed by atoms with Crippen molar-refractivity contribution in [3.63, 3.8) is 0 Å². The number of unbranched alkanes of at least 4 members (excludes halogenated alkanes) is 13. The van der Waals surface area contributed by atoms with Gasteiger partial charge in [-0.15, -0.1) is 0 Å². The number of Topliss-reactive ketones (excluding diaryl/α,β-unsaturated/α-hetero) is 1. The molecule has 0 aromatic rings. The molecule has 1 N–H and O–H groups in total. The van der Waals surface area contributed by atoms with E-state index in [4.69, 9.17) is 4.74 Å². The summed E-state index contributed by atoms with van der Waals surface area (Å²) in [5.74, 6) is 1.05. The lowest BCUT2D eigenvalue weighted by Crippen LogP contribution is -2.29. The first-order valence-electron chi connectivity index (χ1n) is 20.0. The van der Waals surface area contributed by atoms with Crippen molar-refractivity contribution < 1.29 is 19.4 Å². The van der Waals surface area contributed by atoms with Gasteiger partial charge in [-0.3, -0.25) is 9.59 Å². The first-order valence-corrected chi connectivity index (χ1v) is 20.0. The van der Waals surface area contributed by atoms with E-state index in [-0.39, 0.29) is 18.5 Å². The summed E-state index contributed by atoms with van der Waals surface area (Å²) < 4.78 is 5.61. The molecule has 2 atom stereocenters. The number of aliphatic hydroxyl groups excluding tert-OH is 1. The molecule has 0 heterocycles. The molecule has 0 saturated carbocycles. The minimum absolute atomic E-state index is 0.0417. The van der Waals surface area contributed by atoms with Crippen molar-refractivity contribution in [3.8, 4) is 0 Å². The van der Waals surface area contributed by atoms with Gasteiger partial charge in [0.1, 0.15) is 5.78 Å². The summed E-state index contributed by atoms with van der Waals surface area (Å²) in [6.45, 7) is 17.0. The van der Waals surface area contributed by atoms with Crippen LogP contribution < -0.4 is 0 Å². The highest BCUT2D eigenvalue weighted by Crippen LogP contribution is 2.21. The van der Waals surface area contributed by atoms with Crippen molar-refractivity contribution in [2.75, 3.05) is 32.8 Å². The van der Waals surface area contributed by atoms with E-state index in [1.807, 2.05) is 0 Å². The van der Waals surface area contributed by atoms with Gasteiger partial charge in [-0.05, 0) is 64.5 Å². The molecule has 0 fully saturated rings. The maximum atomic E-state index is 12.4. The monoisotopic (exact) mass is 640 g/mol. The van der Waals surface area contributed by atoms with Crippen LogP contribution in [0.2, 0.25) is 0 Å². The predicted octanol–water partition coefficient (Wildman–Crippen LogP) is 11.5. The normalized spacial score (nSPS) is 12.5. The molecule has 0 aliphatic rings. The highest BCUT2D eigenvalue weighted by molar-refractivity contribution is 5.80. The van der Waals surface area contributed by atoms with Crippen molar-refractivity contribution in [2.24, 2.45) is 11.8 Å². The Morgan fingerprint density at radius 2 is 0.956 bits per heavy atom. The number of hydrogen-bond acceptors (Lipinski definition) is 5. The van der Waals surface area contributed by atoms with Gasteiger partial charge in [-0.25, -0.2) is 0 Å². The van der Waals surface area contributed by atoms with Gasteiger partial charge in [-0.2, -0.15) is 0 Å².